The van der Waals surface area contributed by atoms with E-state index in [0.29, 0.717) is 0 Å². The van der Waals surface area contributed by atoms with Crippen molar-refractivity contribution in [2.24, 2.45) is 5.41 Å². The van der Waals surface area contributed by atoms with Gasteiger partial charge >= 0.3 is 0 Å². The maximum absolute atomic E-state index is 11.0. The molecule has 0 aliphatic carbocycles. The van der Waals surface area contributed by atoms with Gasteiger partial charge in [0.05, 0.1) is 7.11 Å². The second-order valence-electron chi connectivity index (χ2n) is 5.28. The quantitative estimate of drug-likeness (QED) is 0.877. The molecule has 1 aliphatic rings. The minimum absolute atomic E-state index is 0.0765. The van der Waals surface area contributed by atoms with Crippen molar-refractivity contribution in [1.29, 1.82) is 0 Å². The summed E-state index contributed by atoms with van der Waals surface area (Å²) in [4.78, 5) is 0. The van der Waals surface area contributed by atoms with E-state index in [1.807, 2.05) is 36.0 Å². The number of hydrogen-bond donors (Lipinski definition) is 1. The van der Waals surface area contributed by atoms with Crippen LogP contribution in [0.2, 0.25) is 0 Å². The van der Waals surface area contributed by atoms with E-state index < -0.39 is 5.60 Å². The molecule has 17 heavy (non-hydrogen) atoms. The Morgan fingerprint density at radius 1 is 1.24 bits per heavy atom. The highest BCUT2D eigenvalue weighted by atomic mass is 32.2. The molecule has 0 aromatic heterocycles. The average molecular weight is 252 g/mol. The first-order valence-corrected chi connectivity index (χ1v) is 7.10. The highest BCUT2D eigenvalue weighted by molar-refractivity contribution is 7.99. The molecule has 0 amide bonds. The number of ether oxygens (including phenoxy) is 1. The summed E-state index contributed by atoms with van der Waals surface area (Å²) in [5.41, 5.74) is 0.185. The van der Waals surface area contributed by atoms with Crippen LogP contribution in [-0.2, 0) is 5.60 Å². The molecule has 0 radical (unpaired) electrons. The zero-order valence-corrected chi connectivity index (χ0v) is 11.5. The van der Waals surface area contributed by atoms with Crippen molar-refractivity contribution in [1.82, 2.24) is 0 Å². The number of methoxy groups -OCH3 is 1. The lowest BCUT2D eigenvalue weighted by Crippen LogP contribution is -2.47. The Morgan fingerprint density at radius 2 is 1.88 bits per heavy atom. The number of thioether (sulfide) groups is 1. The fraction of sp³-hybridized carbons (Fsp3) is 0.571. The average Bonchev–Trinajstić information content (AvgIpc) is 2.33. The van der Waals surface area contributed by atoms with Crippen LogP contribution in [0.4, 0.5) is 0 Å². The monoisotopic (exact) mass is 252 g/mol. The van der Waals surface area contributed by atoms with Gasteiger partial charge in [0.1, 0.15) is 11.4 Å². The van der Waals surface area contributed by atoms with Gasteiger partial charge in [0, 0.05) is 5.75 Å². The Labute approximate surface area is 107 Å². The summed E-state index contributed by atoms with van der Waals surface area (Å²) >= 11 is 1.83. The maximum atomic E-state index is 11.0. The molecule has 1 aromatic rings. The molecule has 1 N–H and O–H groups in total. The van der Waals surface area contributed by atoms with Crippen molar-refractivity contribution in [3.63, 3.8) is 0 Å². The molecule has 94 valence electrons. The molecule has 2 nitrogen and oxygen atoms in total. The molecule has 0 saturated carbocycles. The van der Waals surface area contributed by atoms with Gasteiger partial charge in [-0.3, -0.25) is 0 Å². The van der Waals surface area contributed by atoms with E-state index in [0.717, 1.165) is 29.2 Å². The number of benzene rings is 1. The summed E-state index contributed by atoms with van der Waals surface area (Å²) in [5, 5.41) is 11.0. The molecule has 1 saturated heterocycles. The van der Waals surface area contributed by atoms with Crippen LogP contribution in [0.3, 0.4) is 0 Å². The first-order valence-electron chi connectivity index (χ1n) is 5.94. The molecule has 2 rings (SSSR count). The van der Waals surface area contributed by atoms with E-state index in [2.05, 4.69) is 13.8 Å². The first kappa shape index (κ1) is 12.8. The van der Waals surface area contributed by atoms with Crippen molar-refractivity contribution >= 4 is 11.8 Å². The van der Waals surface area contributed by atoms with Gasteiger partial charge in [-0.2, -0.15) is 11.8 Å². The normalized spacial score (nSPS) is 27.8. The van der Waals surface area contributed by atoms with Crippen LogP contribution in [0.15, 0.2) is 24.3 Å². The van der Waals surface area contributed by atoms with Crippen molar-refractivity contribution in [2.45, 2.75) is 25.9 Å². The minimum Gasteiger partial charge on any atom is -0.497 e. The van der Waals surface area contributed by atoms with Crippen LogP contribution in [-0.4, -0.2) is 23.7 Å². The zero-order chi connectivity index (χ0) is 12.5. The summed E-state index contributed by atoms with van der Waals surface area (Å²) in [5.74, 6) is 2.73. The minimum atomic E-state index is -0.734. The number of hydrogen-bond acceptors (Lipinski definition) is 3. The fourth-order valence-electron chi connectivity index (χ4n) is 2.29. The summed E-state index contributed by atoms with van der Waals surface area (Å²) in [6.07, 6.45) is 1.04. The van der Waals surface area contributed by atoms with E-state index in [-0.39, 0.29) is 5.41 Å². The SMILES string of the molecule is COc1ccc(C2(O)CSCCC2(C)C)cc1. The van der Waals surface area contributed by atoms with Gasteiger partial charge < -0.3 is 9.84 Å². The smallest absolute Gasteiger partial charge is 0.118 e. The molecule has 0 spiro atoms. The Morgan fingerprint density at radius 3 is 2.41 bits per heavy atom. The molecular weight excluding hydrogens is 232 g/mol. The van der Waals surface area contributed by atoms with Crippen LogP contribution in [0.5, 0.6) is 5.75 Å². The lowest BCUT2D eigenvalue weighted by Gasteiger charge is -2.46. The lowest BCUT2D eigenvalue weighted by atomic mass is 9.70. The molecule has 1 atom stereocenters. The predicted molar refractivity (Wildman–Crippen MR) is 72.6 cm³/mol. The third-order valence-corrected chi connectivity index (χ3v) is 4.98. The van der Waals surface area contributed by atoms with Crippen LogP contribution in [0.25, 0.3) is 0 Å². The summed E-state index contributed by atoms with van der Waals surface area (Å²) in [6.45, 7) is 4.30. The highest BCUT2D eigenvalue weighted by Gasteiger charge is 2.46. The second-order valence-corrected chi connectivity index (χ2v) is 6.38. The molecule has 1 aromatic carbocycles. The Kier molecular flexibility index (Phi) is 3.41. The van der Waals surface area contributed by atoms with Crippen LogP contribution >= 0.6 is 11.8 Å². The summed E-state index contributed by atoms with van der Waals surface area (Å²) in [6, 6.07) is 7.80. The fourth-order valence-corrected chi connectivity index (χ4v) is 3.94. The van der Waals surface area contributed by atoms with Crippen molar-refractivity contribution < 1.29 is 9.84 Å². The third-order valence-electron chi connectivity index (χ3n) is 3.87. The van der Waals surface area contributed by atoms with Crippen molar-refractivity contribution in [3.05, 3.63) is 29.8 Å². The van der Waals surface area contributed by atoms with Gasteiger partial charge in [-0.05, 0) is 35.3 Å². The third kappa shape index (κ3) is 2.18. The van der Waals surface area contributed by atoms with Gasteiger partial charge in [0.25, 0.3) is 0 Å². The van der Waals surface area contributed by atoms with Crippen LogP contribution in [0, 0.1) is 5.41 Å². The molecule has 1 unspecified atom stereocenters. The zero-order valence-electron chi connectivity index (χ0n) is 10.7. The molecular formula is C14H20O2S. The van der Waals surface area contributed by atoms with Gasteiger partial charge in [-0.15, -0.1) is 0 Å². The lowest BCUT2D eigenvalue weighted by molar-refractivity contribution is -0.0578. The van der Waals surface area contributed by atoms with E-state index in [1.54, 1.807) is 7.11 Å². The summed E-state index contributed by atoms with van der Waals surface area (Å²) < 4.78 is 5.15. The standard InChI is InChI=1S/C14H20O2S/c1-13(2)8-9-17-10-14(13,15)11-4-6-12(16-3)7-5-11/h4-7,15H,8-10H2,1-3H3. The molecule has 3 heteroatoms. The molecule has 0 bridgehead atoms. The molecule has 1 fully saturated rings. The van der Waals surface area contributed by atoms with Gasteiger partial charge in [0.15, 0.2) is 0 Å². The predicted octanol–water partition coefficient (Wildman–Crippen LogP) is 3.05. The molecule has 1 heterocycles. The summed E-state index contributed by atoms with van der Waals surface area (Å²) in [7, 11) is 1.66. The van der Waals surface area contributed by atoms with E-state index in [1.165, 1.54) is 0 Å². The topological polar surface area (TPSA) is 29.5 Å². The first-order chi connectivity index (χ1) is 7.99. The second kappa shape index (κ2) is 4.54. The van der Waals surface area contributed by atoms with Gasteiger partial charge in [0.2, 0.25) is 0 Å². The molecule has 1 aliphatic heterocycles. The van der Waals surface area contributed by atoms with E-state index in [4.69, 9.17) is 4.74 Å². The maximum Gasteiger partial charge on any atom is 0.118 e. The van der Waals surface area contributed by atoms with Gasteiger partial charge in [-0.1, -0.05) is 26.0 Å². The Hall–Kier alpha value is -0.670. The largest absolute Gasteiger partial charge is 0.497 e. The number of rotatable bonds is 2. The van der Waals surface area contributed by atoms with Crippen molar-refractivity contribution in [2.75, 3.05) is 18.6 Å². The van der Waals surface area contributed by atoms with Gasteiger partial charge in [-0.25, -0.2) is 0 Å². The Bertz CT molecular complexity index is 386. The Balaban J connectivity index is 2.35. The number of aliphatic hydroxyl groups is 1. The highest BCUT2D eigenvalue weighted by Crippen LogP contribution is 2.48. The van der Waals surface area contributed by atoms with Crippen LogP contribution < -0.4 is 4.74 Å². The van der Waals surface area contributed by atoms with Crippen LogP contribution in [0.1, 0.15) is 25.8 Å². The van der Waals surface area contributed by atoms with E-state index >= 15 is 0 Å². The van der Waals surface area contributed by atoms with Crippen molar-refractivity contribution in [3.8, 4) is 5.75 Å². The van der Waals surface area contributed by atoms with E-state index in [9.17, 15) is 5.11 Å².